The summed E-state index contributed by atoms with van der Waals surface area (Å²) in [6.45, 7) is 3.68. The van der Waals surface area contributed by atoms with E-state index >= 15 is 0 Å². The van der Waals surface area contributed by atoms with E-state index in [9.17, 15) is 9.59 Å². The molecule has 0 fully saturated rings. The Bertz CT molecular complexity index is 849. The van der Waals surface area contributed by atoms with Crippen molar-refractivity contribution in [2.24, 2.45) is 5.92 Å². The van der Waals surface area contributed by atoms with Crippen molar-refractivity contribution in [2.45, 2.75) is 13.8 Å². The second-order valence-corrected chi connectivity index (χ2v) is 6.91. The molecule has 1 aromatic heterocycles. The van der Waals surface area contributed by atoms with Gasteiger partial charge in [0.2, 0.25) is 5.91 Å². The van der Waals surface area contributed by atoms with Crippen LogP contribution in [0, 0.1) is 5.92 Å². The van der Waals surface area contributed by atoms with E-state index in [1.165, 1.54) is 11.3 Å². The van der Waals surface area contributed by atoms with E-state index < -0.39 is 0 Å². The summed E-state index contributed by atoms with van der Waals surface area (Å²) in [5, 5.41) is 6.77. The van der Waals surface area contributed by atoms with Crippen LogP contribution in [-0.4, -0.2) is 11.8 Å². The number of fused-ring (bicyclic) bond motifs is 1. The largest absolute Gasteiger partial charge is 0.326 e. The Labute approximate surface area is 144 Å². The lowest BCUT2D eigenvalue weighted by Crippen LogP contribution is -2.17. The van der Waals surface area contributed by atoms with Crippen LogP contribution in [0.15, 0.2) is 54.6 Å². The maximum Gasteiger partial charge on any atom is 0.265 e. The Morgan fingerprint density at radius 3 is 2.17 bits per heavy atom. The van der Waals surface area contributed by atoms with Crippen molar-refractivity contribution in [1.82, 2.24) is 0 Å². The van der Waals surface area contributed by atoms with Crippen LogP contribution in [0.25, 0.3) is 10.1 Å². The molecule has 3 rings (SSSR count). The van der Waals surface area contributed by atoms with Crippen LogP contribution in [0.3, 0.4) is 0 Å². The third kappa shape index (κ3) is 3.63. The molecule has 5 heteroatoms. The monoisotopic (exact) mass is 338 g/mol. The summed E-state index contributed by atoms with van der Waals surface area (Å²) < 4.78 is 1.09. The van der Waals surface area contributed by atoms with E-state index in [0.29, 0.717) is 16.3 Å². The fourth-order valence-electron chi connectivity index (χ4n) is 2.21. The highest BCUT2D eigenvalue weighted by Gasteiger charge is 2.11. The maximum atomic E-state index is 12.4. The average Bonchev–Trinajstić information content (AvgIpc) is 3.00. The van der Waals surface area contributed by atoms with Gasteiger partial charge in [0.1, 0.15) is 0 Å². The van der Waals surface area contributed by atoms with Gasteiger partial charge in [-0.25, -0.2) is 0 Å². The van der Waals surface area contributed by atoms with Crippen LogP contribution in [-0.2, 0) is 4.79 Å². The molecule has 122 valence electrons. The zero-order valence-electron chi connectivity index (χ0n) is 13.5. The van der Waals surface area contributed by atoms with Gasteiger partial charge >= 0.3 is 0 Å². The molecule has 0 radical (unpaired) electrons. The molecule has 4 nitrogen and oxygen atoms in total. The van der Waals surface area contributed by atoms with Gasteiger partial charge in [-0.05, 0) is 41.8 Å². The number of nitrogens with one attached hydrogen (secondary N) is 2. The number of hydrogen-bond donors (Lipinski definition) is 2. The molecule has 0 saturated carbocycles. The van der Waals surface area contributed by atoms with Gasteiger partial charge in [0.05, 0.1) is 4.88 Å². The van der Waals surface area contributed by atoms with E-state index in [0.717, 1.165) is 10.1 Å². The Kier molecular flexibility index (Phi) is 4.62. The van der Waals surface area contributed by atoms with Crippen molar-refractivity contribution in [2.75, 3.05) is 10.6 Å². The number of thiophene rings is 1. The molecule has 0 bridgehead atoms. The van der Waals surface area contributed by atoms with Gasteiger partial charge in [0.15, 0.2) is 0 Å². The number of anilines is 2. The molecule has 0 aliphatic heterocycles. The number of carbonyl (C=O) groups is 2. The van der Waals surface area contributed by atoms with Gasteiger partial charge < -0.3 is 10.6 Å². The van der Waals surface area contributed by atoms with E-state index in [2.05, 4.69) is 10.6 Å². The van der Waals surface area contributed by atoms with E-state index in [4.69, 9.17) is 0 Å². The lowest BCUT2D eigenvalue weighted by molar-refractivity contribution is -0.118. The molecule has 3 aromatic rings. The first-order valence-electron chi connectivity index (χ1n) is 7.74. The fourth-order valence-corrected chi connectivity index (χ4v) is 3.17. The second-order valence-electron chi connectivity index (χ2n) is 5.82. The van der Waals surface area contributed by atoms with Gasteiger partial charge in [-0.1, -0.05) is 32.0 Å². The Balaban J connectivity index is 1.69. The number of hydrogen-bond acceptors (Lipinski definition) is 3. The Morgan fingerprint density at radius 2 is 1.54 bits per heavy atom. The maximum absolute atomic E-state index is 12.4. The molecule has 0 atom stereocenters. The number of rotatable bonds is 4. The first kappa shape index (κ1) is 16.2. The summed E-state index contributed by atoms with van der Waals surface area (Å²) in [6, 6.07) is 16.9. The molecule has 2 aromatic carbocycles. The highest BCUT2D eigenvalue weighted by atomic mass is 32.1. The minimum absolute atomic E-state index is 0.0305. The summed E-state index contributed by atoms with van der Waals surface area (Å²) in [7, 11) is 0. The van der Waals surface area contributed by atoms with Crippen LogP contribution >= 0.6 is 11.3 Å². The molecule has 0 spiro atoms. The third-order valence-electron chi connectivity index (χ3n) is 3.58. The molecule has 0 unspecified atom stereocenters. The van der Waals surface area contributed by atoms with Crippen molar-refractivity contribution in [3.8, 4) is 0 Å². The quantitative estimate of drug-likeness (QED) is 0.721. The summed E-state index contributed by atoms with van der Waals surface area (Å²) >= 11 is 1.47. The van der Waals surface area contributed by atoms with Crippen LogP contribution in [0.2, 0.25) is 0 Å². The normalized spacial score (nSPS) is 10.8. The molecule has 2 amide bonds. The van der Waals surface area contributed by atoms with Gasteiger partial charge in [0, 0.05) is 22.0 Å². The third-order valence-corrected chi connectivity index (χ3v) is 4.70. The number of amides is 2. The molecule has 24 heavy (non-hydrogen) atoms. The minimum Gasteiger partial charge on any atom is -0.326 e. The Morgan fingerprint density at radius 1 is 0.917 bits per heavy atom. The van der Waals surface area contributed by atoms with Gasteiger partial charge in [0.25, 0.3) is 5.91 Å². The van der Waals surface area contributed by atoms with Crippen molar-refractivity contribution < 1.29 is 9.59 Å². The summed E-state index contributed by atoms with van der Waals surface area (Å²) in [4.78, 5) is 24.7. The summed E-state index contributed by atoms with van der Waals surface area (Å²) in [5.41, 5.74) is 1.41. The fraction of sp³-hybridized carbons (Fsp3) is 0.158. The van der Waals surface area contributed by atoms with E-state index in [-0.39, 0.29) is 17.7 Å². The molecular weight excluding hydrogens is 320 g/mol. The van der Waals surface area contributed by atoms with Crippen LogP contribution in [0.1, 0.15) is 23.5 Å². The SMILES string of the molecule is CC(C)C(=O)Nc1ccc(NC(=O)c2cc3ccccc3s2)cc1. The Hall–Kier alpha value is -2.66. The topological polar surface area (TPSA) is 58.2 Å². The van der Waals surface area contributed by atoms with Crippen molar-refractivity contribution in [3.63, 3.8) is 0 Å². The molecule has 0 saturated heterocycles. The smallest absolute Gasteiger partial charge is 0.265 e. The van der Waals surface area contributed by atoms with E-state index in [1.54, 1.807) is 24.3 Å². The average molecular weight is 338 g/mol. The number of benzene rings is 2. The van der Waals surface area contributed by atoms with E-state index in [1.807, 2.05) is 44.2 Å². The summed E-state index contributed by atoms with van der Waals surface area (Å²) in [5.74, 6) is -0.232. The van der Waals surface area contributed by atoms with Crippen LogP contribution in [0.5, 0.6) is 0 Å². The van der Waals surface area contributed by atoms with Gasteiger partial charge in [-0.3, -0.25) is 9.59 Å². The molecule has 2 N–H and O–H groups in total. The molecule has 0 aliphatic carbocycles. The van der Waals surface area contributed by atoms with Crippen LogP contribution < -0.4 is 10.6 Å². The lowest BCUT2D eigenvalue weighted by Gasteiger charge is -2.09. The zero-order chi connectivity index (χ0) is 17.1. The lowest BCUT2D eigenvalue weighted by atomic mass is 10.2. The van der Waals surface area contributed by atoms with Crippen molar-refractivity contribution in [1.29, 1.82) is 0 Å². The van der Waals surface area contributed by atoms with Gasteiger partial charge in [-0.15, -0.1) is 11.3 Å². The van der Waals surface area contributed by atoms with Crippen molar-refractivity contribution >= 4 is 44.6 Å². The molecule has 0 aliphatic rings. The highest BCUT2D eigenvalue weighted by Crippen LogP contribution is 2.26. The first-order valence-corrected chi connectivity index (χ1v) is 8.55. The highest BCUT2D eigenvalue weighted by molar-refractivity contribution is 7.20. The predicted octanol–water partition coefficient (Wildman–Crippen LogP) is 4.75. The molecular formula is C19H18N2O2S. The first-order chi connectivity index (χ1) is 11.5. The van der Waals surface area contributed by atoms with Crippen LogP contribution in [0.4, 0.5) is 11.4 Å². The van der Waals surface area contributed by atoms with Crippen molar-refractivity contribution in [3.05, 3.63) is 59.5 Å². The zero-order valence-corrected chi connectivity index (χ0v) is 14.3. The number of carbonyl (C=O) groups excluding carboxylic acids is 2. The second kappa shape index (κ2) is 6.84. The standard InChI is InChI=1S/C19H18N2O2S/c1-12(2)18(22)20-14-7-9-15(10-8-14)21-19(23)17-11-13-5-3-4-6-16(13)24-17/h3-12H,1-2H3,(H,20,22)(H,21,23). The predicted molar refractivity (Wildman–Crippen MR) is 99.7 cm³/mol. The van der Waals surface area contributed by atoms with Gasteiger partial charge in [-0.2, -0.15) is 0 Å². The molecule has 1 heterocycles. The summed E-state index contributed by atoms with van der Waals surface area (Å²) in [6.07, 6.45) is 0. The minimum atomic E-state index is -0.129.